The smallest absolute Gasteiger partial charge is 0.264 e. The number of anilines is 1. The number of amides is 1. The summed E-state index contributed by atoms with van der Waals surface area (Å²) in [4.78, 5) is 12.8. The van der Waals surface area contributed by atoms with Crippen molar-refractivity contribution < 1.29 is 17.6 Å². The minimum absolute atomic E-state index is 0.0202. The van der Waals surface area contributed by atoms with Gasteiger partial charge in [-0.1, -0.05) is 54.1 Å². The average molecular weight is 539 g/mol. The average Bonchev–Trinajstić information content (AvgIpc) is 3.16. The number of nitrogens with one attached hydrogen (secondary N) is 1. The number of carbonyl (C=O) groups is 1. The number of nitrogens with zero attached hydrogens (tertiary/aromatic N) is 3. The standard InChI is InChI=1S/C27H24ClFN4O3S/c1-19-16-21(20(2)33(19)26-15-9-7-13-24(26)29)17-30-31-27(34)18-32(25-14-8-6-12-23(25)28)37(35,36)22-10-4-3-5-11-22/h3-17H,18H2,1-2H3,(H,31,34)/b30-17-. The second kappa shape index (κ2) is 11.0. The first-order valence-corrected chi connectivity index (χ1v) is 13.1. The highest BCUT2D eigenvalue weighted by Gasteiger charge is 2.28. The molecule has 37 heavy (non-hydrogen) atoms. The summed E-state index contributed by atoms with van der Waals surface area (Å²) in [6, 6.07) is 22.4. The van der Waals surface area contributed by atoms with E-state index in [0.717, 1.165) is 15.7 Å². The molecule has 0 saturated carbocycles. The maximum absolute atomic E-state index is 14.3. The number of rotatable bonds is 8. The van der Waals surface area contributed by atoms with E-state index in [2.05, 4.69) is 10.5 Å². The molecule has 0 fully saturated rings. The Morgan fingerprint density at radius 3 is 2.38 bits per heavy atom. The van der Waals surface area contributed by atoms with E-state index in [1.807, 2.05) is 19.9 Å². The van der Waals surface area contributed by atoms with Crippen molar-refractivity contribution >= 4 is 39.4 Å². The summed E-state index contributed by atoms with van der Waals surface area (Å²) in [5, 5.41) is 4.19. The summed E-state index contributed by atoms with van der Waals surface area (Å²) in [5.41, 5.74) is 5.13. The van der Waals surface area contributed by atoms with Gasteiger partial charge in [0.2, 0.25) is 0 Å². The number of hydrazone groups is 1. The van der Waals surface area contributed by atoms with E-state index < -0.39 is 22.5 Å². The van der Waals surface area contributed by atoms with E-state index in [9.17, 15) is 17.6 Å². The fraction of sp³-hybridized carbons (Fsp3) is 0.111. The molecule has 0 spiro atoms. The van der Waals surface area contributed by atoms with Crippen LogP contribution in [-0.4, -0.2) is 31.7 Å². The fourth-order valence-corrected chi connectivity index (χ4v) is 5.68. The monoisotopic (exact) mass is 538 g/mol. The third-order valence-electron chi connectivity index (χ3n) is 5.70. The van der Waals surface area contributed by atoms with Crippen LogP contribution in [0.4, 0.5) is 10.1 Å². The zero-order valence-corrected chi connectivity index (χ0v) is 21.7. The van der Waals surface area contributed by atoms with Crippen LogP contribution in [0.5, 0.6) is 0 Å². The number of para-hydroxylation sites is 2. The predicted molar refractivity (Wildman–Crippen MR) is 143 cm³/mol. The molecule has 4 rings (SSSR count). The van der Waals surface area contributed by atoms with Gasteiger partial charge in [0.15, 0.2) is 0 Å². The highest BCUT2D eigenvalue weighted by Crippen LogP contribution is 2.30. The van der Waals surface area contributed by atoms with Gasteiger partial charge in [-0.2, -0.15) is 5.10 Å². The summed E-state index contributed by atoms with van der Waals surface area (Å²) in [6.07, 6.45) is 1.43. The SMILES string of the molecule is Cc1cc(/C=N\NC(=O)CN(c2ccccc2Cl)S(=O)(=O)c2ccccc2)c(C)n1-c1ccccc1F. The van der Waals surface area contributed by atoms with Gasteiger partial charge in [-0.15, -0.1) is 0 Å². The molecule has 1 heterocycles. The van der Waals surface area contributed by atoms with Gasteiger partial charge in [0.1, 0.15) is 12.4 Å². The van der Waals surface area contributed by atoms with Crippen molar-refractivity contribution in [3.05, 3.63) is 113 Å². The summed E-state index contributed by atoms with van der Waals surface area (Å²) < 4.78 is 43.8. The molecule has 0 radical (unpaired) electrons. The summed E-state index contributed by atoms with van der Waals surface area (Å²) in [7, 11) is -4.10. The summed E-state index contributed by atoms with van der Waals surface area (Å²) >= 11 is 6.28. The Morgan fingerprint density at radius 1 is 1.03 bits per heavy atom. The molecule has 190 valence electrons. The third-order valence-corrected chi connectivity index (χ3v) is 7.79. The quantitative estimate of drug-likeness (QED) is 0.246. The number of sulfonamides is 1. The van der Waals surface area contributed by atoms with Gasteiger partial charge in [0.25, 0.3) is 15.9 Å². The van der Waals surface area contributed by atoms with E-state index in [4.69, 9.17) is 11.6 Å². The van der Waals surface area contributed by atoms with Crippen molar-refractivity contribution in [2.45, 2.75) is 18.7 Å². The van der Waals surface area contributed by atoms with Crippen LogP contribution >= 0.6 is 11.6 Å². The number of halogens is 2. The molecule has 1 amide bonds. The van der Waals surface area contributed by atoms with Crippen molar-refractivity contribution in [1.29, 1.82) is 0 Å². The highest BCUT2D eigenvalue weighted by atomic mass is 35.5. The van der Waals surface area contributed by atoms with E-state index in [-0.39, 0.29) is 21.4 Å². The molecule has 0 aliphatic heterocycles. The van der Waals surface area contributed by atoms with Gasteiger partial charge in [0, 0.05) is 17.0 Å². The van der Waals surface area contributed by atoms with E-state index in [0.29, 0.717) is 11.3 Å². The van der Waals surface area contributed by atoms with E-state index in [1.165, 1.54) is 30.5 Å². The maximum Gasteiger partial charge on any atom is 0.264 e. The first-order valence-electron chi connectivity index (χ1n) is 11.3. The van der Waals surface area contributed by atoms with Crippen molar-refractivity contribution in [2.75, 3.05) is 10.8 Å². The van der Waals surface area contributed by atoms with Crippen molar-refractivity contribution in [2.24, 2.45) is 5.10 Å². The second-order valence-electron chi connectivity index (χ2n) is 8.18. The summed E-state index contributed by atoms with van der Waals surface area (Å²) in [6.45, 7) is 3.10. The molecule has 1 aromatic heterocycles. The zero-order chi connectivity index (χ0) is 26.6. The number of aryl methyl sites for hydroxylation is 1. The molecule has 1 N–H and O–H groups in total. The van der Waals surface area contributed by atoms with E-state index >= 15 is 0 Å². The Hall–Kier alpha value is -3.95. The van der Waals surface area contributed by atoms with Gasteiger partial charge in [0.05, 0.1) is 27.5 Å². The molecular weight excluding hydrogens is 515 g/mol. The normalized spacial score (nSPS) is 11.6. The topological polar surface area (TPSA) is 83.8 Å². The number of carbonyl (C=O) groups excluding carboxylic acids is 1. The number of hydrogen-bond acceptors (Lipinski definition) is 4. The van der Waals surface area contributed by atoms with Gasteiger partial charge < -0.3 is 4.57 Å². The number of benzene rings is 3. The van der Waals surface area contributed by atoms with Gasteiger partial charge in [-0.25, -0.2) is 18.2 Å². The van der Waals surface area contributed by atoms with Gasteiger partial charge in [-0.3, -0.25) is 9.10 Å². The molecule has 3 aromatic carbocycles. The van der Waals surface area contributed by atoms with Crippen molar-refractivity contribution in [3.8, 4) is 5.69 Å². The molecule has 0 aliphatic carbocycles. The van der Waals surface area contributed by atoms with Crippen molar-refractivity contribution in [1.82, 2.24) is 9.99 Å². The van der Waals surface area contributed by atoms with Crippen LogP contribution in [-0.2, 0) is 14.8 Å². The minimum atomic E-state index is -4.10. The lowest BCUT2D eigenvalue weighted by Gasteiger charge is -2.24. The highest BCUT2D eigenvalue weighted by molar-refractivity contribution is 7.92. The Balaban J connectivity index is 1.56. The Bertz CT molecular complexity index is 1570. The van der Waals surface area contributed by atoms with Crippen LogP contribution in [0.3, 0.4) is 0 Å². The van der Waals surface area contributed by atoms with Crippen LogP contribution in [0.15, 0.2) is 94.9 Å². The van der Waals surface area contributed by atoms with Crippen LogP contribution in [0, 0.1) is 19.7 Å². The molecule has 4 aromatic rings. The first kappa shape index (κ1) is 26.1. The molecule has 0 saturated heterocycles. The van der Waals surface area contributed by atoms with Crippen LogP contribution in [0.2, 0.25) is 5.02 Å². The maximum atomic E-state index is 14.3. The van der Waals surface area contributed by atoms with E-state index in [1.54, 1.807) is 59.2 Å². The van der Waals surface area contributed by atoms with Gasteiger partial charge >= 0.3 is 0 Å². The second-order valence-corrected chi connectivity index (χ2v) is 10.5. The Kier molecular flexibility index (Phi) is 7.75. The lowest BCUT2D eigenvalue weighted by molar-refractivity contribution is -0.119. The first-order chi connectivity index (χ1) is 17.7. The predicted octanol–water partition coefficient (Wildman–Crippen LogP) is 5.23. The van der Waals surface area contributed by atoms with Crippen LogP contribution in [0.1, 0.15) is 17.0 Å². The zero-order valence-electron chi connectivity index (χ0n) is 20.1. The lowest BCUT2D eigenvalue weighted by atomic mass is 10.2. The minimum Gasteiger partial charge on any atom is -0.315 e. The summed E-state index contributed by atoms with van der Waals surface area (Å²) in [5.74, 6) is -1.03. The Labute approximate surface area is 219 Å². The molecule has 10 heteroatoms. The largest absolute Gasteiger partial charge is 0.315 e. The van der Waals surface area contributed by atoms with Crippen LogP contribution < -0.4 is 9.73 Å². The Morgan fingerprint density at radius 2 is 1.68 bits per heavy atom. The number of aromatic nitrogens is 1. The van der Waals surface area contributed by atoms with Gasteiger partial charge in [-0.05, 0) is 56.3 Å². The fourth-order valence-electron chi connectivity index (χ4n) is 3.94. The molecular formula is C27H24ClFN4O3S. The molecule has 0 unspecified atom stereocenters. The molecule has 0 atom stereocenters. The third kappa shape index (κ3) is 5.58. The molecule has 7 nitrogen and oxygen atoms in total. The van der Waals surface area contributed by atoms with Crippen molar-refractivity contribution in [3.63, 3.8) is 0 Å². The number of hydrogen-bond donors (Lipinski definition) is 1. The van der Waals surface area contributed by atoms with Crippen LogP contribution in [0.25, 0.3) is 5.69 Å². The molecule has 0 bridgehead atoms. The lowest BCUT2D eigenvalue weighted by Crippen LogP contribution is -2.39. The molecule has 0 aliphatic rings.